The minimum absolute atomic E-state index is 0.0668. The lowest BCUT2D eigenvalue weighted by molar-refractivity contribution is 0.282. The van der Waals surface area contributed by atoms with Crippen molar-refractivity contribution >= 4 is 16.6 Å². The molecule has 1 aromatic heterocycles. The summed E-state index contributed by atoms with van der Waals surface area (Å²) >= 11 is 0. The van der Waals surface area contributed by atoms with Crippen LogP contribution in [0.4, 0.5) is 5.69 Å². The molecule has 2 aromatic rings. The molecule has 0 radical (unpaired) electrons. The van der Waals surface area contributed by atoms with Gasteiger partial charge in [0.15, 0.2) is 0 Å². The number of para-hydroxylation sites is 1. The van der Waals surface area contributed by atoms with Crippen molar-refractivity contribution < 1.29 is 5.11 Å². The molecule has 1 aromatic carbocycles. The summed E-state index contributed by atoms with van der Waals surface area (Å²) in [5, 5.41) is 9.94. The lowest BCUT2D eigenvalue weighted by Crippen LogP contribution is -1.97. The van der Waals surface area contributed by atoms with Crippen LogP contribution in [-0.4, -0.2) is 10.1 Å². The number of pyridine rings is 1. The van der Waals surface area contributed by atoms with Gasteiger partial charge in [0.05, 0.1) is 12.1 Å². The van der Waals surface area contributed by atoms with E-state index in [-0.39, 0.29) is 6.61 Å². The van der Waals surface area contributed by atoms with E-state index in [2.05, 4.69) is 4.98 Å². The molecule has 0 saturated heterocycles. The van der Waals surface area contributed by atoms with Gasteiger partial charge in [-0.05, 0) is 12.5 Å². The molecule has 0 atom stereocenters. The van der Waals surface area contributed by atoms with Crippen molar-refractivity contribution in [2.75, 3.05) is 5.73 Å². The van der Waals surface area contributed by atoms with E-state index in [0.717, 1.165) is 16.5 Å². The maximum absolute atomic E-state index is 9.03. The Morgan fingerprint density at radius 2 is 2.21 bits per heavy atom. The van der Waals surface area contributed by atoms with Crippen LogP contribution in [0, 0.1) is 6.92 Å². The largest absolute Gasteiger partial charge is 0.398 e. The van der Waals surface area contributed by atoms with Crippen molar-refractivity contribution in [3.05, 3.63) is 35.5 Å². The molecule has 72 valence electrons. The molecule has 0 saturated carbocycles. The molecule has 3 heteroatoms. The topological polar surface area (TPSA) is 59.1 Å². The van der Waals surface area contributed by atoms with Gasteiger partial charge in [-0.2, -0.15) is 0 Å². The number of hydrogen-bond donors (Lipinski definition) is 2. The van der Waals surface area contributed by atoms with E-state index in [1.807, 2.05) is 25.1 Å². The van der Waals surface area contributed by atoms with Crippen molar-refractivity contribution in [2.45, 2.75) is 13.5 Å². The Bertz CT molecular complexity index is 480. The summed E-state index contributed by atoms with van der Waals surface area (Å²) in [7, 11) is 0. The van der Waals surface area contributed by atoms with Crippen molar-refractivity contribution in [1.29, 1.82) is 0 Å². The van der Waals surface area contributed by atoms with Crippen molar-refractivity contribution in [2.24, 2.45) is 0 Å². The molecular formula is C11H12N2O. The molecule has 0 spiro atoms. The van der Waals surface area contributed by atoms with Gasteiger partial charge in [0.2, 0.25) is 0 Å². The fraction of sp³-hybridized carbons (Fsp3) is 0.182. The second kappa shape index (κ2) is 3.27. The predicted molar refractivity (Wildman–Crippen MR) is 56.8 cm³/mol. The molecule has 0 unspecified atom stereocenters. The summed E-state index contributed by atoms with van der Waals surface area (Å²) in [6, 6.07) is 5.86. The highest BCUT2D eigenvalue weighted by Gasteiger charge is 2.05. The van der Waals surface area contributed by atoms with Crippen LogP contribution in [0.1, 0.15) is 11.1 Å². The number of rotatable bonds is 1. The third-order valence-electron chi connectivity index (χ3n) is 2.39. The Balaban J connectivity index is 2.84. The van der Waals surface area contributed by atoms with E-state index in [1.165, 1.54) is 0 Å². The molecule has 0 fully saturated rings. The number of aromatic nitrogens is 1. The number of hydrogen-bond acceptors (Lipinski definition) is 3. The van der Waals surface area contributed by atoms with Crippen LogP contribution in [0.5, 0.6) is 0 Å². The maximum atomic E-state index is 9.03. The quantitative estimate of drug-likeness (QED) is 0.714. The van der Waals surface area contributed by atoms with E-state index in [1.54, 1.807) is 6.20 Å². The van der Waals surface area contributed by atoms with Gasteiger partial charge in [0, 0.05) is 22.8 Å². The van der Waals surface area contributed by atoms with E-state index in [4.69, 9.17) is 10.8 Å². The SMILES string of the molecule is Cc1cccc2c(N)c(CO)cnc12. The Morgan fingerprint density at radius 3 is 2.93 bits per heavy atom. The number of nitrogen functional groups attached to an aromatic ring is 1. The average Bonchev–Trinajstić information content (AvgIpc) is 2.20. The first kappa shape index (κ1) is 8.97. The molecule has 0 amide bonds. The van der Waals surface area contributed by atoms with Crippen LogP contribution in [-0.2, 0) is 6.61 Å². The van der Waals surface area contributed by atoms with Crippen LogP contribution in [0.3, 0.4) is 0 Å². The van der Waals surface area contributed by atoms with E-state index in [9.17, 15) is 0 Å². The third-order valence-corrected chi connectivity index (χ3v) is 2.39. The van der Waals surface area contributed by atoms with Gasteiger partial charge in [-0.3, -0.25) is 4.98 Å². The zero-order valence-electron chi connectivity index (χ0n) is 7.99. The fourth-order valence-electron chi connectivity index (χ4n) is 1.56. The van der Waals surface area contributed by atoms with Crippen LogP contribution in [0.25, 0.3) is 10.9 Å². The number of benzene rings is 1. The molecule has 0 aliphatic carbocycles. The Morgan fingerprint density at radius 1 is 1.43 bits per heavy atom. The number of fused-ring (bicyclic) bond motifs is 1. The Labute approximate surface area is 82.2 Å². The number of aliphatic hydroxyl groups is 1. The summed E-state index contributed by atoms with van der Waals surface area (Å²) in [6.45, 7) is 1.93. The summed E-state index contributed by atoms with van der Waals surface area (Å²) in [5.74, 6) is 0. The number of nitrogens with two attached hydrogens (primary N) is 1. The summed E-state index contributed by atoms with van der Waals surface area (Å²) in [4.78, 5) is 4.27. The maximum Gasteiger partial charge on any atom is 0.0752 e. The van der Waals surface area contributed by atoms with E-state index in [0.29, 0.717) is 11.3 Å². The monoisotopic (exact) mass is 188 g/mol. The molecule has 0 bridgehead atoms. The first-order valence-electron chi connectivity index (χ1n) is 4.47. The zero-order chi connectivity index (χ0) is 10.1. The van der Waals surface area contributed by atoms with Gasteiger partial charge < -0.3 is 10.8 Å². The van der Waals surface area contributed by atoms with Crippen molar-refractivity contribution in [1.82, 2.24) is 4.98 Å². The lowest BCUT2D eigenvalue weighted by Gasteiger charge is -2.07. The molecule has 1 heterocycles. The van der Waals surface area contributed by atoms with Gasteiger partial charge >= 0.3 is 0 Å². The van der Waals surface area contributed by atoms with E-state index >= 15 is 0 Å². The van der Waals surface area contributed by atoms with Crippen molar-refractivity contribution in [3.63, 3.8) is 0 Å². The zero-order valence-corrected chi connectivity index (χ0v) is 7.99. The third kappa shape index (κ3) is 1.22. The summed E-state index contributed by atoms with van der Waals surface area (Å²) in [5.41, 5.74) is 9.21. The predicted octanol–water partition coefficient (Wildman–Crippen LogP) is 1.62. The first-order valence-corrected chi connectivity index (χ1v) is 4.47. The van der Waals surface area contributed by atoms with Crippen molar-refractivity contribution in [3.8, 4) is 0 Å². The van der Waals surface area contributed by atoms with Gasteiger partial charge in [-0.15, -0.1) is 0 Å². The molecule has 3 N–H and O–H groups in total. The number of anilines is 1. The minimum Gasteiger partial charge on any atom is -0.398 e. The Hall–Kier alpha value is -1.61. The normalized spacial score (nSPS) is 10.7. The highest BCUT2D eigenvalue weighted by atomic mass is 16.3. The number of aryl methyl sites for hydroxylation is 1. The fourth-order valence-corrected chi connectivity index (χ4v) is 1.56. The molecule has 2 rings (SSSR count). The molecule has 0 aliphatic heterocycles. The smallest absolute Gasteiger partial charge is 0.0752 e. The highest BCUT2D eigenvalue weighted by Crippen LogP contribution is 2.24. The van der Waals surface area contributed by atoms with Crippen LogP contribution < -0.4 is 5.73 Å². The van der Waals surface area contributed by atoms with Crippen LogP contribution in [0.15, 0.2) is 24.4 Å². The molecular weight excluding hydrogens is 176 g/mol. The van der Waals surface area contributed by atoms with Crippen LogP contribution >= 0.6 is 0 Å². The second-order valence-corrected chi connectivity index (χ2v) is 3.33. The number of nitrogens with zero attached hydrogens (tertiary/aromatic N) is 1. The minimum atomic E-state index is -0.0668. The Kier molecular flexibility index (Phi) is 2.09. The average molecular weight is 188 g/mol. The number of aliphatic hydroxyl groups excluding tert-OH is 1. The lowest BCUT2D eigenvalue weighted by atomic mass is 10.1. The summed E-state index contributed by atoms with van der Waals surface area (Å²) in [6.07, 6.45) is 1.63. The first-order chi connectivity index (χ1) is 6.74. The van der Waals surface area contributed by atoms with Gasteiger partial charge in [-0.25, -0.2) is 0 Å². The molecule has 14 heavy (non-hydrogen) atoms. The van der Waals surface area contributed by atoms with E-state index < -0.39 is 0 Å². The molecule has 0 aliphatic rings. The second-order valence-electron chi connectivity index (χ2n) is 3.33. The highest BCUT2D eigenvalue weighted by molar-refractivity contribution is 5.93. The van der Waals surface area contributed by atoms with Crippen LogP contribution in [0.2, 0.25) is 0 Å². The van der Waals surface area contributed by atoms with Gasteiger partial charge in [0.1, 0.15) is 0 Å². The molecule has 3 nitrogen and oxygen atoms in total. The summed E-state index contributed by atoms with van der Waals surface area (Å²) < 4.78 is 0. The standard InChI is InChI=1S/C11H12N2O/c1-7-3-2-4-9-10(12)8(6-14)5-13-11(7)9/h2-5,14H,6H2,1H3,(H2,12,13). The van der Waals surface area contributed by atoms with Gasteiger partial charge in [-0.1, -0.05) is 18.2 Å². The van der Waals surface area contributed by atoms with Gasteiger partial charge in [0.25, 0.3) is 0 Å².